The number of esters is 1. The Balaban J connectivity index is 2.51. The molecule has 0 fully saturated rings. The predicted octanol–water partition coefficient (Wildman–Crippen LogP) is 1.31. The number of nitriles is 1. The zero-order valence-corrected chi connectivity index (χ0v) is 7.23. The number of phenols is 1. The minimum Gasteiger partial charge on any atom is -0.508 e. The van der Waals surface area contributed by atoms with Gasteiger partial charge in [-0.3, -0.25) is 4.79 Å². The van der Waals surface area contributed by atoms with E-state index < -0.39 is 11.9 Å². The van der Waals surface area contributed by atoms with Gasteiger partial charge < -0.3 is 9.84 Å². The molecule has 14 heavy (non-hydrogen) atoms. The van der Waals surface area contributed by atoms with Crippen molar-refractivity contribution in [3.8, 4) is 17.6 Å². The maximum absolute atomic E-state index is 11.3. The normalized spacial score (nSPS) is 18.5. The fourth-order valence-electron chi connectivity index (χ4n) is 1.55. The van der Waals surface area contributed by atoms with E-state index in [2.05, 4.69) is 0 Å². The molecule has 4 nitrogen and oxygen atoms in total. The van der Waals surface area contributed by atoms with E-state index in [4.69, 9.17) is 10.00 Å². The lowest BCUT2D eigenvalue weighted by Crippen LogP contribution is -2.09. The van der Waals surface area contributed by atoms with Gasteiger partial charge in [0.1, 0.15) is 17.4 Å². The number of carbonyl (C=O) groups is 1. The topological polar surface area (TPSA) is 70.3 Å². The van der Waals surface area contributed by atoms with Gasteiger partial charge >= 0.3 is 5.97 Å². The fourth-order valence-corrected chi connectivity index (χ4v) is 1.55. The summed E-state index contributed by atoms with van der Waals surface area (Å²) in [6.45, 7) is 0. The van der Waals surface area contributed by atoms with Crippen LogP contribution >= 0.6 is 0 Å². The number of nitrogens with zero attached hydrogens (tertiary/aromatic N) is 1. The number of phenolic OH excluding ortho intramolecular Hbond substituents is 1. The molecule has 1 aromatic rings. The van der Waals surface area contributed by atoms with Crippen molar-refractivity contribution in [2.45, 2.75) is 12.3 Å². The third kappa shape index (κ3) is 1.11. The standard InChI is InChI=1S/C10H7NO3/c11-5-4-6-9-7(12)2-1-3-8(9)14-10(6)13/h1-3,6,12H,4H2. The Kier molecular flexibility index (Phi) is 1.86. The first-order chi connectivity index (χ1) is 6.74. The largest absolute Gasteiger partial charge is 0.508 e. The summed E-state index contributed by atoms with van der Waals surface area (Å²) >= 11 is 0. The SMILES string of the molecule is N#CCC1C(=O)Oc2cccc(O)c21. The lowest BCUT2D eigenvalue weighted by molar-refractivity contribution is -0.133. The lowest BCUT2D eigenvalue weighted by atomic mass is 9.97. The van der Waals surface area contributed by atoms with Gasteiger partial charge in [0.05, 0.1) is 18.1 Å². The van der Waals surface area contributed by atoms with Gasteiger partial charge in [-0.1, -0.05) is 6.07 Å². The number of carbonyl (C=O) groups excluding carboxylic acids is 1. The third-order valence-corrected chi connectivity index (χ3v) is 2.18. The van der Waals surface area contributed by atoms with E-state index in [0.29, 0.717) is 11.3 Å². The van der Waals surface area contributed by atoms with Crippen molar-refractivity contribution in [2.75, 3.05) is 0 Å². The van der Waals surface area contributed by atoms with Crippen molar-refractivity contribution in [2.24, 2.45) is 0 Å². The van der Waals surface area contributed by atoms with Gasteiger partial charge in [-0.2, -0.15) is 5.26 Å². The van der Waals surface area contributed by atoms with Crippen LogP contribution in [0.15, 0.2) is 18.2 Å². The van der Waals surface area contributed by atoms with Crippen LogP contribution in [0.4, 0.5) is 0 Å². The maximum atomic E-state index is 11.3. The van der Waals surface area contributed by atoms with Crippen molar-refractivity contribution < 1.29 is 14.6 Å². The molecule has 0 radical (unpaired) electrons. The summed E-state index contributed by atoms with van der Waals surface area (Å²) in [5.41, 5.74) is 0.430. The fraction of sp³-hybridized carbons (Fsp3) is 0.200. The zero-order chi connectivity index (χ0) is 10.1. The molecule has 0 bridgehead atoms. The van der Waals surface area contributed by atoms with Gasteiger partial charge in [0.2, 0.25) is 0 Å². The van der Waals surface area contributed by atoms with Crippen LogP contribution in [0.25, 0.3) is 0 Å². The summed E-state index contributed by atoms with van der Waals surface area (Å²) in [5.74, 6) is -0.747. The van der Waals surface area contributed by atoms with Crippen molar-refractivity contribution in [1.29, 1.82) is 5.26 Å². The molecule has 0 amide bonds. The smallest absolute Gasteiger partial charge is 0.320 e. The molecule has 1 atom stereocenters. The quantitative estimate of drug-likeness (QED) is 0.534. The van der Waals surface area contributed by atoms with Crippen molar-refractivity contribution in [1.82, 2.24) is 0 Å². The van der Waals surface area contributed by atoms with Crippen LogP contribution in [0.3, 0.4) is 0 Å². The summed E-state index contributed by atoms with van der Waals surface area (Å²) in [7, 11) is 0. The van der Waals surface area contributed by atoms with Crippen LogP contribution in [0.1, 0.15) is 17.9 Å². The van der Waals surface area contributed by atoms with Crippen LogP contribution in [0.2, 0.25) is 0 Å². The number of ether oxygens (including phenoxy) is 1. The summed E-state index contributed by atoms with van der Waals surface area (Å²) < 4.78 is 4.90. The second-order valence-electron chi connectivity index (χ2n) is 3.02. The first-order valence-corrected chi connectivity index (χ1v) is 4.14. The van der Waals surface area contributed by atoms with Crippen LogP contribution in [0.5, 0.6) is 11.5 Å². The average molecular weight is 189 g/mol. The van der Waals surface area contributed by atoms with E-state index in [1.165, 1.54) is 6.07 Å². The summed E-state index contributed by atoms with van der Waals surface area (Å²) in [6.07, 6.45) is 0.0312. The molecule has 0 saturated heterocycles. The van der Waals surface area contributed by atoms with E-state index in [1.54, 1.807) is 12.1 Å². The number of hydrogen-bond acceptors (Lipinski definition) is 4. The number of fused-ring (bicyclic) bond motifs is 1. The molecule has 1 aromatic carbocycles. The number of rotatable bonds is 1. The first kappa shape index (κ1) is 8.57. The van der Waals surface area contributed by atoms with Gasteiger partial charge in [0.15, 0.2) is 0 Å². The van der Waals surface area contributed by atoms with Crippen LogP contribution in [-0.4, -0.2) is 11.1 Å². The van der Waals surface area contributed by atoms with E-state index in [9.17, 15) is 9.90 Å². The summed E-state index contributed by atoms with van der Waals surface area (Å²) in [4.78, 5) is 11.3. The second kappa shape index (κ2) is 3.04. The molecule has 4 heteroatoms. The minimum atomic E-state index is -0.642. The third-order valence-electron chi connectivity index (χ3n) is 2.18. The molecule has 0 spiro atoms. The average Bonchev–Trinajstić information content (AvgIpc) is 2.45. The lowest BCUT2D eigenvalue weighted by Gasteiger charge is -2.02. The van der Waals surface area contributed by atoms with Gasteiger partial charge in [-0.05, 0) is 12.1 Å². The van der Waals surface area contributed by atoms with Crippen LogP contribution < -0.4 is 4.74 Å². The van der Waals surface area contributed by atoms with Crippen LogP contribution in [0, 0.1) is 11.3 Å². The molecule has 1 aliphatic heterocycles. The number of benzene rings is 1. The maximum Gasteiger partial charge on any atom is 0.320 e. The summed E-state index contributed by atoms with van der Waals surface area (Å²) in [6, 6.07) is 6.57. The zero-order valence-electron chi connectivity index (χ0n) is 7.23. The monoisotopic (exact) mass is 189 g/mol. The molecule has 0 saturated carbocycles. The Bertz CT molecular complexity index is 433. The van der Waals surface area contributed by atoms with Gasteiger partial charge in [0.25, 0.3) is 0 Å². The molecule has 1 unspecified atom stereocenters. The first-order valence-electron chi connectivity index (χ1n) is 4.14. The molecular formula is C10H7NO3. The van der Waals surface area contributed by atoms with Crippen molar-refractivity contribution in [3.63, 3.8) is 0 Å². The highest BCUT2D eigenvalue weighted by Gasteiger charge is 2.35. The van der Waals surface area contributed by atoms with Crippen molar-refractivity contribution in [3.05, 3.63) is 23.8 Å². The van der Waals surface area contributed by atoms with Gasteiger partial charge in [-0.15, -0.1) is 0 Å². The van der Waals surface area contributed by atoms with Gasteiger partial charge in [0, 0.05) is 0 Å². The predicted molar refractivity (Wildman–Crippen MR) is 46.7 cm³/mol. The Labute approximate surface area is 80.3 Å². The van der Waals surface area contributed by atoms with Crippen molar-refractivity contribution >= 4 is 5.97 Å². The van der Waals surface area contributed by atoms with E-state index in [-0.39, 0.29) is 12.2 Å². The second-order valence-corrected chi connectivity index (χ2v) is 3.02. The van der Waals surface area contributed by atoms with E-state index in [1.807, 2.05) is 6.07 Å². The highest BCUT2D eigenvalue weighted by molar-refractivity contribution is 5.87. The molecule has 2 rings (SSSR count). The van der Waals surface area contributed by atoms with E-state index in [0.717, 1.165) is 0 Å². The molecule has 1 heterocycles. The van der Waals surface area contributed by atoms with E-state index >= 15 is 0 Å². The molecule has 1 N–H and O–H groups in total. The number of aromatic hydroxyl groups is 1. The van der Waals surface area contributed by atoms with Gasteiger partial charge in [-0.25, -0.2) is 0 Å². The molecule has 0 aromatic heterocycles. The highest BCUT2D eigenvalue weighted by atomic mass is 16.5. The minimum absolute atomic E-state index is 0.00796. The Morgan fingerprint density at radius 3 is 3.07 bits per heavy atom. The molecule has 1 aliphatic rings. The Morgan fingerprint density at radius 1 is 1.57 bits per heavy atom. The molecule has 70 valence electrons. The molecule has 0 aliphatic carbocycles. The number of hydrogen-bond donors (Lipinski definition) is 1. The Hall–Kier alpha value is -2.02. The Morgan fingerprint density at radius 2 is 2.36 bits per heavy atom. The molecular weight excluding hydrogens is 182 g/mol. The summed E-state index contributed by atoms with van der Waals surface area (Å²) in [5, 5.41) is 18.0. The van der Waals surface area contributed by atoms with Crippen LogP contribution in [-0.2, 0) is 4.79 Å². The highest BCUT2D eigenvalue weighted by Crippen LogP contribution is 2.41.